The summed E-state index contributed by atoms with van der Waals surface area (Å²) >= 11 is 0. The molecule has 0 aliphatic carbocycles. The van der Waals surface area contributed by atoms with Gasteiger partial charge in [0, 0.05) is 20.4 Å². The van der Waals surface area contributed by atoms with Crippen molar-refractivity contribution in [3.8, 4) is 5.75 Å². The van der Waals surface area contributed by atoms with Crippen LogP contribution in [0.5, 0.6) is 5.75 Å². The average Bonchev–Trinajstić information content (AvgIpc) is 2.80. The van der Waals surface area contributed by atoms with Gasteiger partial charge in [0.05, 0.1) is 12.5 Å². The summed E-state index contributed by atoms with van der Waals surface area (Å²) in [7, 11) is 1.46. The normalized spacial score (nSPS) is 14.1. The molecule has 0 aliphatic heterocycles. The second kappa shape index (κ2) is 13.8. The number of carboxylic acids is 1. The SMILES string of the molecule is CC(=O)N(C)[C@@H](Cc1ccc(O)cc1)C(=O)N[C@H](C(=O)N[C@@H](C)C(=O)N[C@@H](C=O)CC(=O)O)C(C)C. The zero-order chi connectivity index (χ0) is 27.6. The highest BCUT2D eigenvalue weighted by molar-refractivity contribution is 5.94. The van der Waals surface area contributed by atoms with Gasteiger partial charge in [-0.15, -0.1) is 0 Å². The molecule has 198 valence electrons. The number of phenolic OH excluding ortho intramolecular Hbond substituents is 1. The molecule has 0 saturated carbocycles. The highest BCUT2D eigenvalue weighted by Gasteiger charge is 2.32. The van der Waals surface area contributed by atoms with Crippen molar-refractivity contribution < 1.29 is 39.0 Å². The fourth-order valence-electron chi connectivity index (χ4n) is 3.26. The van der Waals surface area contributed by atoms with Crippen LogP contribution in [0.4, 0.5) is 0 Å². The summed E-state index contributed by atoms with van der Waals surface area (Å²) in [6, 6.07) is 1.77. The van der Waals surface area contributed by atoms with Gasteiger partial charge in [0.1, 0.15) is 30.2 Å². The van der Waals surface area contributed by atoms with E-state index < -0.39 is 60.2 Å². The molecule has 0 bridgehead atoms. The third kappa shape index (κ3) is 9.35. The maximum atomic E-state index is 13.2. The molecule has 4 atom stereocenters. The van der Waals surface area contributed by atoms with Crippen LogP contribution < -0.4 is 16.0 Å². The molecule has 0 fully saturated rings. The van der Waals surface area contributed by atoms with Crippen molar-refractivity contribution in [2.75, 3.05) is 7.05 Å². The van der Waals surface area contributed by atoms with Gasteiger partial charge >= 0.3 is 5.97 Å². The van der Waals surface area contributed by atoms with Crippen molar-refractivity contribution in [1.82, 2.24) is 20.9 Å². The highest BCUT2D eigenvalue weighted by Crippen LogP contribution is 2.14. The number of carbonyl (C=O) groups excluding carboxylic acids is 5. The monoisotopic (exact) mass is 506 g/mol. The molecule has 12 nitrogen and oxygen atoms in total. The molecule has 1 aromatic carbocycles. The first-order valence-electron chi connectivity index (χ1n) is 11.4. The highest BCUT2D eigenvalue weighted by atomic mass is 16.4. The zero-order valence-corrected chi connectivity index (χ0v) is 21.0. The standard InChI is InChI=1S/C24H34N4O8/c1-13(2)21(24(36)25-14(3)22(34)26-17(12-29)11-20(32)33)27-23(35)19(28(5)15(4)30)10-16-6-8-18(31)9-7-16/h6-9,12-14,17,19,21,31H,10-11H2,1-5H3,(H,25,36)(H,26,34)(H,27,35)(H,32,33)/t14-,17+,19-,21-/m0/s1. The summed E-state index contributed by atoms with van der Waals surface area (Å²) < 4.78 is 0. The van der Waals surface area contributed by atoms with Crippen LogP contribution in [-0.2, 0) is 35.2 Å². The number of nitrogens with zero attached hydrogens (tertiary/aromatic N) is 1. The third-order valence-corrected chi connectivity index (χ3v) is 5.52. The van der Waals surface area contributed by atoms with Crippen LogP contribution in [0, 0.1) is 5.92 Å². The number of aliphatic carboxylic acids is 1. The Morgan fingerprint density at radius 2 is 1.53 bits per heavy atom. The largest absolute Gasteiger partial charge is 0.508 e. The Morgan fingerprint density at radius 1 is 0.944 bits per heavy atom. The van der Waals surface area contributed by atoms with E-state index >= 15 is 0 Å². The summed E-state index contributed by atoms with van der Waals surface area (Å²) in [6.07, 6.45) is -0.186. The average molecular weight is 507 g/mol. The molecular formula is C24H34N4O8. The molecule has 5 N–H and O–H groups in total. The van der Waals surface area contributed by atoms with E-state index in [0.29, 0.717) is 5.56 Å². The predicted octanol–water partition coefficient (Wildman–Crippen LogP) is -0.414. The van der Waals surface area contributed by atoms with Gasteiger partial charge in [-0.1, -0.05) is 26.0 Å². The van der Waals surface area contributed by atoms with Gasteiger partial charge in [0.15, 0.2) is 0 Å². The Kier molecular flexibility index (Phi) is 11.5. The lowest BCUT2D eigenvalue weighted by Gasteiger charge is -2.30. The van der Waals surface area contributed by atoms with Crippen molar-refractivity contribution in [3.63, 3.8) is 0 Å². The maximum absolute atomic E-state index is 13.2. The first-order valence-corrected chi connectivity index (χ1v) is 11.4. The molecule has 12 heteroatoms. The van der Waals surface area contributed by atoms with Crippen LogP contribution in [0.15, 0.2) is 24.3 Å². The Hall–Kier alpha value is -3.96. The van der Waals surface area contributed by atoms with Gasteiger partial charge in [-0.3, -0.25) is 24.0 Å². The number of rotatable bonds is 13. The fourth-order valence-corrected chi connectivity index (χ4v) is 3.26. The van der Waals surface area contributed by atoms with Gasteiger partial charge in [-0.2, -0.15) is 0 Å². The molecule has 1 aromatic rings. The Bertz CT molecular complexity index is 963. The number of phenols is 1. The first kappa shape index (κ1) is 30.1. The summed E-state index contributed by atoms with van der Waals surface area (Å²) in [5.74, 6) is -4.00. The quantitative estimate of drug-likeness (QED) is 0.224. The minimum atomic E-state index is -1.27. The van der Waals surface area contributed by atoms with Crippen LogP contribution in [-0.4, -0.2) is 82.2 Å². The lowest BCUT2D eigenvalue weighted by molar-refractivity contribution is -0.140. The van der Waals surface area contributed by atoms with E-state index in [1.165, 1.54) is 37.9 Å². The molecule has 0 radical (unpaired) electrons. The van der Waals surface area contributed by atoms with Crippen molar-refractivity contribution in [2.24, 2.45) is 5.92 Å². The van der Waals surface area contributed by atoms with Gasteiger partial charge in [0.25, 0.3) is 0 Å². The number of nitrogens with one attached hydrogen (secondary N) is 3. The minimum Gasteiger partial charge on any atom is -0.508 e. The molecule has 4 amide bonds. The number of carboxylic acid groups (broad SMARTS) is 1. The molecule has 1 rings (SSSR count). The number of aldehydes is 1. The lowest BCUT2D eigenvalue weighted by atomic mass is 10.00. The summed E-state index contributed by atoms with van der Waals surface area (Å²) in [5.41, 5.74) is 0.683. The fraction of sp³-hybridized carbons (Fsp3) is 0.500. The smallest absolute Gasteiger partial charge is 0.305 e. The van der Waals surface area contributed by atoms with E-state index in [4.69, 9.17) is 5.11 Å². The van der Waals surface area contributed by atoms with Gasteiger partial charge in [-0.05, 0) is 30.5 Å². The van der Waals surface area contributed by atoms with Crippen LogP contribution in [0.1, 0.15) is 39.7 Å². The van der Waals surface area contributed by atoms with Crippen LogP contribution >= 0.6 is 0 Å². The van der Waals surface area contributed by atoms with E-state index in [0.717, 1.165) is 0 Å². The van der Waals surface area contributed by atoms with Crippen LogP contribution in [0.3, 0.4) is 0 Å². The number of aromatic hydroxyl groups is 1. The molecule has 0 spiro atoms. The lowest BCUT2D eigenvalue weighted by Crippen LogP contribution is -2.58. The number of carbonyl (C=O) groups is 6. The van der Waals surface area contributed by atoms with Crippen LogP contribution in [0.25, 0.3) is 0 Å². The van der Waals surface area contributed by atoms with E-state index in [2.05, 4.69) is 16.0 Å². The van der Waals surface area contributed by atoms with Crippen molar-refractivity contribution in [3.05, 3.63) is 29.8 Å². The molecule has 0 heterocycles. The molecular weight excluding hydrogens is 472 g/mol. The molecule has 0 saturated heterocycles. The van der Waals surface area contributed by atoms with Gasteiger partial charge in [-0.25, -0.2) is 0 Å². The Balaban J connectivity index is 2.96. The molecule has 36 heavy (non-hydrogen) atoms. The van der Waals surface area contributed by atoms with Crippen molar-refractivity contribution in [1.29, 1.82) is 0 Å². The van der Waals surface area contributed by atoms with E-state index in [1.807, 2.05) is 0 Å². The van der Waals surface area contributed by atoms with Crippen LogP contribution in [0.2, 0.25) is 0 Å². The molecule has 0 unspecified atom stereocenters. The number of amides is 4. The number of benzene rings is 1. The number of hydrogen-bond donors (Lipinski definition) is 5. The summed E-state index contributed by atoms with van der Waals surface area (Å²) in [5, 5.41) is 25.6. The Labute approximate surface area is 209 Å². The first-order chi connectivity index (χ1) is 16.8. The van der Waals surface area contributed by atoms with E-state index in [-0.39, 0.29) is 24.4 Å². The molecule has 0 aliphatic rings. The minimum absolute atomic E-state index is 0.0526. The summed E-state index contributed by atoms with van der Waals surface area (Å²) in [6.45, 7) is 6.04. The number of likely N-dealkylation sites (N-methyl/N-ethyl adjacent to an activating group) is 1. The van der Waals surface area contributed by atoms with Gasteiger partial charge < -0.3 is 35.9 Å². The van der Waals surface area contributed by atoms with Crippen molar-refractivity contribution >= 4 is 35.9 Å². The maximum Gasteiger partial charge on any atom is 0.305 e. The summed E-state index contributed by atoms with van der Waals surface area (Å²) in [4.78, 5) is 73.4. The second-order valence-electron chi connectivity index (χ2n) is 8.83. The second-order valence-corrected chi connectivity index (χ2v) is 8.83. The molecule has 0 aromatic heterocycles. The van der Waals surface area contributed by atoms with Gasteiger partial charge in [0.2, 0.25) is 23.6 Å². The van der Waals surface area contributed by atoms with E-state index in [1.54, 1.807) is 26.0 Å². The predicted molar refractivity (Wildman–Crippen MR) is 129 cm³/mol. The Morgan fingerprint density at radius 3 is 2.00 bits per heavy atom. The van der Waals surface area contributed by atoms with E-state index in [9.17, 15) is 33.9 Å². The van der Waals surface area contributed by atoms with Crippen molar-refractivity contribution in [2.45, 2.75) is 64.7 Å². The third-order valence-electron chi connectivity index (χ3n) is 5.52. The number of hydrogen-bond acceptors (Lipinski definition) is 7. The topological polar surface area (TPSA) is 182 Å². The zero-order valence-electron chi connectivity index (χ0n) is 21.0.